The van der Waals surface area contributed by atoms with E-state index >= 15 is 0 Å². The third kappa shape index (κ3) is 3.11. The number of hydrogen-bond acceptors (Lipinski definition) is 3. The van der Waals surface area contributed by atoms with Gasteiger partial charge in [0.15, 0.2) is 9.84 Å². The molecule has 3 nitrogen and oxygen atoms in total. The molecule has 3 rings (SSSR count). The van der Waals surface area contributed by atoms with E-state index in [1.165, 1.54) is 31.3 Å². The zero-order valence-corrected chi connectivity index (χ0v) is 13.5. The van der Waals surface area contributed by atoms with Gasteiger partial charge in [-0.05, 0) is 50.9 Å². The van der Waals surface area contributed by atoms with Crippen LogP contribution in [0.25, 0.3) is 0 Å². The lowest BCUT2D eigenvalue weighted by Crippen LogP contribution is -2.43. The largest absolute Gasteiger partial charge is 0.296 e. The van der Waals surface area contributed by atoms with Gasteiger partial charge in [0.1, 0.15) is 0 Å². The van der Waals surface area contributed by atoms with Gasteiger partial charge in [0, 0.05) is 18.6 Å². The van der Waals surface area contributed by atoms with Crippen LogP contribution in [0, 0.1) is 11.8 Å². The van der Waals surface area contributed by atoms with Gasteiger partial charge in [-0.25, -0.2) is 8.42 Å². The van der Waals surface area contributed by atoms with Crippen molar-refractivity contribution in [1.29, 1.82) is 0 Å². The van der Waals surface area contributed by atoms with E-state index in [0.29, 0.717) is 23.5 Å². The maximum absolute atomic E-state index is 11.8. The van der Waals surface area contributed by atoms with Crippen molar-refractivity contribution in [3.05, 3.63) is 11.6 Å². The van der Waals surface area contributed by atoms with Gasteiger partial charge >= 0.3 is 0 Å². The maximum atomic E-state index is 11.8. The number of hydrogen-bond donors (Lipinski definition) is 0. The predicted octanol–water partition coefficient (Wildman–Crippen LogP) is 2.63. The molecule has 2 fully saturated rings. The van der Waals surface area contributed by atoms with Crippen LogP contribution >= 0.6 is 0 Å². The summed E-state index contributed by atoms with van der Waals surface area (Å²) in [6, 6.07) is 0.949. The van der Waals surface area contributed by atoms with E-state index in [-0.39, 0.29) is 6.04 Å². The van der Waals surface area contributed by atoms with Crippen LogP contribution in [0.5, 0.6) is 0 Å². The molecule has 0 aromatic rings. The highest BCUT2D eigenvalue weighted by Gasteiger charge is 2.41. The Bertz CT molecular complexity index is 493. The van der Waals surface area contributed by atoms with Gasteiger partial charge in [0.25, 0.3) is 0 Å². The van der Waals surface area contributed by atoms with Crippen molar-refractivity contribution in [2.24, 2.45) is 11.8 Å². The molecule has 0 aromatic heterocycles. The SMILES string of the molecule is CC1=CCC[C@H](C)[C@@H]1CN(C1CC1)[C@@H]1CCS(=O)(=O)C1. The van der Waals surface area contributed by atoms with E-state index in [1.807, 2.05) is 0 Å². The molecule has 20 heavy (non-hydrogen) atoms. The molecule has 2 aliphatic carbocycles. The number of sulfone groups is 1. The molecule has 1 saturated heterocycles. The zero-order valence-electron chi connectivity index (χ0n) is 12.7. The van der Waals surface area contributed by atoms with Gasteiger partial charge in [-0.2, -0.15) is 0 Å². The fourth-order valence-corrected chi connectivity index (χ4v) is 5.71. The van der Waals surface area contributed by atoms with Crippen LogP contribution in [0.15, 0.2) is 11.6 Å². The van der Waals surface area contributed by atoms with Crippen molar-refractivity contribution in [3.8, 4) is 0 Å². The minimum atomic E-state index is -2.77. The molecule has 114 valence electrons. The summed E-state index contributed by atoms with van der Waals surface area (Å²) in [6.07, 6.45) is 8.26. The average molecular weight is 297 g/mol. The first-order valence-electron chi connectivity index (χ1n) is 8.09. The Morgan fingerprint density at radius 1 is 1.20 bits per heavy atom. The lowest BCUT2D eigenvalue weighted by atomic mass is 9.79. The van der Waals surface area contributed by atoms with Gasteiger partial charge in [-0.3, -0.25) is 4.90 Å². The zero-order chi connectivity index (χ0) is 14.3. The normalized spacial score (nSPS) is 37.1. The minimum absolute atomic E-state index is 0.287. The summed E-state index contributed by atoms with van der Waals surface area (Å²) in [5, 5.41) is 0. The predicted molar refractivity (Wildman–Crippen MR) is 82.4 cm³/mol. The van der Waals surface area contributed by atoms with E-state index in [1.54, 1.807) is 0 Å². The fourth-order valence-electron chi connectivity index (χ4n) is 3.97. The molecule has 3 atom stereocenters. The highest BCUT2D eigenvalue weighted by Crippen LogP contribution is 2.37. The molecule has 0 spiro atoms. The topological polar surface area (TPSA) is 37.4 Å². The molecule has 0 aromatic carbocycles. The second kappa shape index (κ2) is 5.45. The fraction of sp³-hybridized carbons (Fsp3) is 0.875. The van der Waals surface area contributed by atoms with Crippen molar-refractivity contribution in [2.75, 3.05) is 18.1 Å². The lowest BCUT2D eigenvalue weighted by Gasteiger charge is -2.36. The molecular weight excluding hydrogens is 270 g/mol. The van der Waals surface area contributed by atoms with Crippen LogP contribution in [0.4, 0.5) is 0 Å². The third-order valence-corrected chi connectivity index (χ3v) is 7.21. The van der Waals surface area contributed by atoms with Crippen molar-refractivity contribution >= 4 is 9.84 Å². The quantitative estimate of drug-likeness (QED) is 0.749. The molecular formula is C16H27NO2S. The van der Waals surface area contributed by atoms with Crippen LogP contribution in [0.2, 0.25) is 0 Å². The first-order valence-corrected chi connectivity index (χ1v) is 9.91. The monoisotopic (exact) mass is 297 g/mol. The summed E-state index contributed by atoms with van der Waals surface area (Å²) in [5.74, 6) is 2.16. The smallest absolute Gasteiger partial charge is 0.151 e. The molecule has 0 bridgehead atoms. The van der Waals surface area contributed by atoms with Gasteiger partial charge < -0.3 is 0 Å². The first-order chi connectivity index (χ1) is 9.46. The van der Waals surface area contributed by atoms with Gasteiger partial charge in [0.2, 0.25) is 0 Å². The van der Waals surface area contributed by atoms with Crippen molar-refractivity contribution < 1.29 is 8.42 Å². The summed E-state index contributed by atoms with van der Waals surface area (Å²) in [6.45, 7) is 5.70. The molecule has 0 amide bonds. The highest BCUT2D eigenvalue weighted by atomic mass is 32.2. The molecule has 0 unspecified atom stereocenters. The Morgan fingerprint density at radius 3 is 2.50 bits per heavy atom. The molecule has 0 radical (unpaired) electrons. The van der Waals surface area contributed by atoms with Gasteiger partial charge in [0.05, 0.1) is 11.5 Å². The Morgan fingerprint density at radius 2 is 1.95 bits per heavy atom. The standard InChI is InChI=1S/C16H27NO2S/c1-12-4-3-5-13(2)16(12)10-17(14-6-7-14)15-8-9-20(18,19)11-15/h4,13-16H,3,5-11H2,1-2H3/t13-,15+,16+/m0/s1. The summed E-state index contributed by atoms with van der Waals surface area (Å²) >= 11 is 0. The molecule has 1 saturated carbocycles. The minimum Gasteiger partial charge on any atom is -0.296 e. The Hall–Kier alpha value is -0.350. The summed E-state index contributed by atoms with van der Waals surface area (Å²) < 4.78 is 23.5. The highest BCUT2D eigenvalue weighted by molar-refractivity contribution is 7.91. The molecule has 1 heterocycles. The second-order valence-electron chi connectivity index (χ2n) is 7.09. The average Bonchev–Trinajstić information content (AvgIpc) is 3.13. The summed E-state index contributed by atoms with van der Waals surface area (Å²) in [5.41, 5.74) is 1.52. The molecule has 0 N–H and O–H groups in total. The van der Waals surface area contributed by atoms with Crippen LogP contribution in [0.3, 0.4) is 0 Å². The Kier molecular flexibility index (Phi) is 3.97. The molecule has 1 aliphatic heterocycles. The molecule has 4 heteroatoms. The van der Waals surface area contributed by atoms with Gasteiger partial charge in [-0.15, -0.1) is 0 Å². The third-order valence-electron chi connectivity index (χ3n) is 5.46. The van der Waals surface area contributed by atoms with Crippen LogP contribution in [-0.2, 0) is 9.84 Å². The second-order valence-corrected chi connectivity index (χ2v) is 9.32. The summed E-state index contributed by atoms with van der Waals surface area (Å²) in [7, 11) is -2.77. The van der Waals surface area contributed by atoms with E-state index in [9.17, 15) is 8.42 Å². The van der Waals surface area contributed by atoms with Crippen LogP contribution in [-0.4, -0.2) is 43.5 Å². The van der Waals surface area contributed by atoms with E-state index < -0.39 is 9.84 Å². The van der Waals surface area contributed by atoms with Gasteiger partial charge in [-0.1, -0.05) is 18.6 Å². The number of nitrogens with zero attached hydrogens (tertiary/aromatic N) is 1. The first kappa shape index (κ1) is 14.6. The van der Waals surface area contributed by atoms with E-state index in [2.05, 4.69) is 24.8 Å². The summed E-state index contributed by atoms with van der Waals surface area (Å²) in [4.78, 5) is 2.55. The molecule has 3 aliphatic rings. The van der Waals surface area contributed by atoms with Crippen molar-refractivity contribution in [3.63, 3.8) is 0 Å². The number of allylic oxidation sites excluding steroid dienone is 1. The van der Waals surface area contributed by atoms with Crippen molar-refractivity contribution in [1.82, 2.24) is 4.90 Å². The van der Waals surface area contributed by atoms with E-state index in [0.717, 1.165) is 18.9 Å². The van der Waals surface area contributed by atoms with E-state index in [4.69, 9.17) is 0 Å². The van der Waals surface area contributed by atoms with Crippen LogP contribution in [0.1, 0.15) is 46.0 Å². The Balaban J connectivity index is 1.72. The van der Waals surface area contributed by atoms with Crippen molar-refractivity contribution in [2.45, 2.75) is 58.0 Å². The lowest BCUT2D eigenvalue weighted by molar-refractivity contribution is 0.155. The maximum Gasteiger partial charge on any atom is 0.151 e. The van der Waals surface area contributed by atoms with Crippen LogP contribution < -0.4 is 0 Å². The number of rotatable bonds is 4. The Labute approximate surface area is 123 Å².